The van der Waals surface area contributed by atoms with Crippen LogP contribution >= 0.6 is 23.2 Å². The molecule has 1 heterocycles. The van der Waals surface area contributed by atoms with Crippen molar-refractivity contribution in [2.75, 3.05) is 0 Å². The summed E-state index contributed by atoms with van der Waals surface area (Å²) in [5.41, 5.74) is 0.695. The lowest BCUT2D eigenvalue weighted by atomic mass is 10.2. The summed E-state index contributed by atoms with van der Waals surface area (Å²) in [6, 6.07) is 7.94. The number of rotatable bonds is 3. The highest BCUT2D eigenvalue weighted by atomic mass is 35.5. The Morgan fingerprint density at radius 2 is 1.82 bits per heavy atom. The second-order valence-corrected chi connectivity index (χ2v) is 4.12. The fourth-order valence-electron chi connectivity index (χ4n) is 1.27. The molecule has 0 aliphatic rings. The SMILES string of the molecule is Fc1ccc(OCc2c(Cl)cccc2Cl)cn1. The lowest BCUT2D eigenvalue weighted by Crippen LogP contribution is -1.98. The normalized spacial score (nSPS) is 10.3. The summed E-state index contributed by atoms with van der Waals surface area (Å²) in [5.74, 6) is -0.0875. The number of pyridine rings is 1. The first-order valence-corrected chi connectivity index (χ1v) is 5.59. The molecule has 0 aliphatic heterocycles. The summed E-state index contributed by atoms with van der Waals surface area (Å²) >= 11 is 12.0. The topological polar surface area (TPSA) is 22.1 Å². The van der Waals surface area contributed by atoms with Crippen LogP contribution in [0.15, 0.2) is 36.5 Å². The minimum atomic E-state index is -0.548. The molecule has 1 aromatic carbocycles. The van der Waals surface area contributed by atoms with Crippen LogP contribution in [0.1, 0.15) is 5.56 Å². The molecule has 0 fully saturated rings. The third-order valence-electron chi connectivity index (χ3n) is 2.15. The highest BCUT2D eigenvalue weighted by Crippen LogP contribution is 2.25. The van der Waals surface area contributed by atoms with E-state index in [1.807, 2.05) is 0 Å². The van der Waals surface area contributed by atoms with E-state index >= 15 is 0 Å². The minimum absolute atomic E-state index is 0.214. The van der Waals surface area contributed by atoms with Gasteiger partial charge in [-0.05, 0) is 24.3 Å². The number of aromatic nitrogens is 1. The summed E-state index contributed by atoms with van der Waals surface area (Å²) in [5, 5.41) is 1.07. The first-order valence-electron chi connectivity index (χ1n) is 4.84. The first-order chi connectivity index (χ1) is 8.16. The van der Waals surface area contributed by atoms with Crippen molar-refractivity contribution in [3.8, 4) is 5.75 Å². The van der Waals surface area contributed by atoms with Crippen molar-refractivity contribution in [2.24, 2.45) is 0 Å². The summed E-state index contributed by atoms with van der Waals surface area (Å²) in [6.07, 6.45) is 1.31. The fourth-order valence-corrected chi connectivity index (χ4v) is 1.78. The lowest BCUT2D eigenvalue weighted by Gasteiger charge is -2.08. The molecule has 0 atom stereocenters. The predicted octanol–water partition coefficient (Wildman–Crippen LogP) is 4.11. The van der Waals surface area contributed by atoms with Crippen LogP contribution in [0.25, 0.3) is 0 Å². The van der Waals surface area contributed by atoms with Gasteiger partial charge in [0.25, 0.3) is 0 Å². The second-order valence-electron chi connectivity index (χ2n) is 3.31. The first kappa shape index (κ1) is 12.1. The van der Waals surface area contributed by atoms with Gasteiger partial charge in [0.15, 0.2) is 0 Å². The molecule has 17 heavy (non-hydrogen) atoms. The van der Waals surface area contributed by atoms with Crippen LogP contribution in [0.2, 0.25) is 10.0 Å². The van der Waals surface area contributed by atoms with E-state index in [0.29, 0.717) is 21.4 Å². The van der Waals surface area contributed by atoms with Crippen LogP contribution in [0.4, 0.5) is 4.39 Å². The van der Waals surface area contributed by atoms with E-state index in [-0.39, 0.29) is 6.61 Å². The molecule has 0 radical (unpaired) electrons. The standard InChI is InChI=1S/C12H8Cl2FNO/c13-10-2-1-3-11(14)9(10)7-17-8-4-5-12(15)16-6-8/h1-6H,7H2. The van der Waals surface area contributed by atoms with Crippen molar-refractivity contribution >= 4 is 23.2 Å². The van der Waals surface area contributed by atoms with Gasteiger partial charge >= 0.3 is 0 Å². The smallest absolute Gasteiger partial charge is 0.213 e. The molecule has 5 heteroatoms. The highest BCUT2D eigenvalue weighted by Gasteiger charge is 2.06. The van der Waals surface area contributed by atoms with Crippen molar-refractivity contribution in [3.05, 3.63) is 58.1 Å². The Morgan fingerprint density at radius 1 is 1.12 bits per heavy atom. The Labute approximate surface area is 108 Å². The number of ether oxygens (including phenoxy) is 1. The van der Waals surface area contributed by atoms with E-state index in [0.717, 1.165) is 0 Å². The molecule has 0 unspecified atom stereocenters. The monoisotopic (exact) mass is 271 g/mol. The molecule has 0 bridgehead atoms. The fraction of sp³-hybridized carbons (Fsp3) is 0.0833. The van der Waals surface area contributed by atoms with Crippen LogP contribution in [-0.4, -0.2) is 4.98 Å². The van der Waals surface area contributed by atoms with Gasteiger partial charge < -0.3 is 4.74 Å². The molecular formula is C12H8Cl2FNO. The van der Waals surface area contributed by atoms with Gasteiger partial charge in [-0.15, -0.1) is 0 Å². The van der Waals surface area contributed by atoms with Crippen LogP contribution in [0.3, 0.4) is 0 Å². The molecule has 1 aromatic heterocycles. The van der Waals surface area contributed by atoms with Gasteiger partial charge in [-0.25, -0.2) is 4.98 Å². The summed E-state index contributed by atoms with van der Waals surface area (Å²) in [6.45, 7) is 0.214. The maximum Gasteiger partial charge on any atom is 0.213 e. The highest BCUT2D eigenvalue weighted by molar-refractivity contribution is 6.35. The van der Waals surface area contributed by atoms with Crippen molar-refractivity contribution < 1.29 is 9.13 Å². The van der Waals surface area contributed by atoms with Gasteiger partial charge in [-0.2, -0.15) is 4.39 Å². The summed E-state index contributed by atoms with van der Waals surface area (Å²) < 4.78 is 18.0. The molecule has 2 nitrogen and oxygen atoms in total. The Hall–Kier alpha value is -1.32. The van der Waals surface area contributed by atoms with Crippen molar-refractivity contribution in [2.45, 2.75) is 6.61 Å². The molecular weight excluding hydrogens is 264 g/mol. The number of halogens is 3. The number of nitrogens with zero attached hydrogens (tertiary/aromatic N) is 1. The predicted molar refractivity (Wildman–Crippen MR) is 65.0 cm³/mol. The van der Waals surface area contributed by atoms with E-state index in [9.17, 15) is 4.39 Å². The number of hydrogen-bond acceptors (Lipinski definition) is 2. The largest absolute Gasteiger partial charge is 0.487 e. The quantitative estimate of drug-likeness (QED) is 0.784. The molecule has 0 amide bonds. The average Bonchev–Trinajstić information content (AvgIpc) is 2.31. The van der Waals surface area contributed by atoms with Crippen LogP contribution < -0.4 is 4.74 Å². The zero-order valence-electron chi connectivity index (χ0n) is 8.66. The van der Waals surface area contributed by atoms with Crippen molar-refractivity contribution in [3.63, 3.8) is 0 Å². The number of hydrogen-bond donors (Lipinski definition) is 0. The second kappa shape index (κ2) is 5.34. The van der Waals surface area contributed by atoms with Crippen molar-refractivity contribution in [1.29, 1.82) is 0 Å². The molecule has 0 N–H and O–H groups in total. The molecule has 2 aromatic rings. The summed E-state index contributed by atoms with van der Waals surface area (Å²) in [4.78, 5) is 3.48. The Balaban J connectivity index is 2.10. The Morgan fingerprint density at radius 3 is 2.41 bits per heavy atom. The van der Waals surface area contributed by atoms with Gasteiger partial charge in [0.05, 0.1) is 6.20 Å². The van der Waals surface area contributed by atoms with E-state index in [1.54, 1.807) is 18.2 Å². The molecule has 0 saturated heterocycles. The van der Waals surface area contributed by atoms with Crippen LogP contribution in [0, 0.1) is 5.95 Å². The molecule has 0 spiro atoms. The number of benzene rings is 1. The molecule has 0 aliphatic carbocycles. The Kier molecular flexibility index (Phi) is 3.82. The molecule has 88 valence electrons. The van der Waals surface area contributed by atoms with Gasteiger partial charge in [-0.1, -0.05) is 29.3 Å². The van der Waals surface area contributed by atoms with Gasteiger partial charge in [0.2, 0.25) is 5.95 Å². The van der Waals surface area contributed by atoms with Gasteiger partial charge in [-0.3, -0.25) is 0 Å². The third-order valence-corrected chi connectivity index (χ3v) is 2.85. The maximum absolute atomic E-state index is 12.6. The van der Waals surface area contributed by atoms with E-state index in [4.69, 9.17) is 27.9 Å². The Bertz CT molecular complexity index is 496. The van der Waals surface area contributed by atoms with E-state index < -0.39 is 5.95 Å². The third kappa shape index (κ3) is 3.08. The van der Waals surface area contributed by atoms with Crippen molar-refractivity contribution in [1.82, 2.24) is 4.98 Å². The van der Waals surface area contributed by atoms with E-state index in [1.165, 1.54) is 18.3 Å². The average molecular weight is 272 g/mol. The van der Waals surface area contributed by atoms with Gasteiger partial charge in [0.1, 0.15) is 12.4 Å². The summed E-state index contributed by atoms with van der Waals surface area (Å²) in [7, 11) is 0. The molecule has 2 rings (SSSR count). The molecule has 0 saturated carbocycles. The lowest BCUT2D eigenvalue weighted by molar-refractivity contribution is 0.304. The zero-order chi connectivity index (χ0) is 12.3. The van der Waals surface area contributed by atoms with E-state index in [2.05, 4.69) is 4.98 Å². The van der Waals surface area contributed by atoms with Gasteiger partial charge in [0, 0.05) is 15.6 Å². The maximum atomic E-state index is 12.6. The zero-order valence-corrected chi connectivity index (χ0v) is 10.2. The minimum Gasteiger partial charge on any atom is -0.487 e. The van der Waals surface area contributed by atoms with Crippen LogP contribution in [0.5, 0.6) is 5.75 Å². The van der Waals surface area contributed by atoms with Crippen LogP contribution in [-0.2, 0) is 6.61 Å².